The van der Waals surface area contributed by atoms with E-state index in [4.69, 9.17) is 9.47 Å². The highest BCUT2D eigenvalue weighted by molar-refractivity contribution is 6.11. The zero-order valence-corrected chi connectivity index (χ0v) is 30.1. The minimum absolute atomic E-state index is 0.257. The summed E-state index contributed by atoms with van der Waals surface area (Å²) < 4.78 is 10.7. The predicted octanol–water partition coefficient (Wildman–Crippen LogP) is 11.8. The van der Waals surface area contributed by atoms with Gasteiger partial charge in [-0.2, -0.15) is 0 Å². The summed E-state index contributed by atoms with van der Waals surface area (Å²) in [5, 5.41) is 0. The molecule has 46 heavy (non-hydrogen) atoms. The van der Waals surface area contributed by atoms with Gasteiger partial charge in [-0.25, -0.2) is 0 Å². The average Bonchev–Trinajstić information content (AvgIpc) is 3.09. The van der Waals surface area contributed by atoms with Gasteiger partial charge in [0.15, 0.2) is 5.78 Å². The van der Waals surface area contributed by atoms with Crippen molar-refractivity contribution in [2.45, 2.75) is 154 Å². The molecule has 0 saturated heterocycles. The first-order chi connectivity index (χ1) is 22.6. The van der Waals surface area contributed by atoms with E-state index in [0.29, 0.717) is 11.8 Å². The summed E-state index contributed by atoms with van der Waals surface area (Å²) in [6.45, 7) is 6.16. The van der Waals surface area contributed by atoms with Crippen molar-refractivity contribution in [1.29, 1.82) is 0 Å². The normalized spacial score (nSPS) is 21.8. The fraction of sp³-hybridized carbons (Fsp3) is 0.698. The van der Waals surface area contributed by atoms with E-state index in [9.17, 15) is 4.79 Å². The van der Waals surface area contributed by atoms with Crippen LogP contribution in [-0.4, -0.2) is 33.2 Å². The summed E-state index contributed by atoms with van der Waals surface area (Å²) in [6, 6.07) is 13.6. The number of rotatable bonds is 20. The summed E-state index contributed by atoms with van der Waals surface area (Å²) >= 11 is 0. The summed E-state index contributed by atoms with van der Waals surface area (Å²) in [5.74, 6) is 2.95. The van der Waals surface area contributed by atoms with Crippen LogP contribution in [0.5, 0.6) is 0 Å². The van der Waals surface area contributed by atoms with Gasteiger partial charge in [0.2, 0.25) is 0 Å². The Kier molecular flexibility index (Phi) is 16.4. The molecule has 3 heteroatoms. The number of hydrogen-bond acceptors (Lipinski definition) is 3. The Bertz CT molecular complexity index is 1060. The topological polar surface area (TPSA) is 35.5 Å². The number of ketones is 1. The van der Waals surface area contributed by atoms with E-state index in [1.54, 1.807) is 14.2 Å². The van der Waals surface area contributed by atoms with Gasteiger partial charge in [-0.1, -0.05) is 102 Å². The van der Waals surface area contributed by atoms with Crippen LogP contribution in [0.4, 0.5) is 0 Å². The van der Waals surface area contributed by atoms with Crippen LogP contribution < -0.4 is 0 Å². The lowest BCUT2D eigenvalue weighted by molar-refractivity contribution is 0.103. The molecule has 0 unspecified atom stereocenters. The molecule has 0 amide bonds. The lowest BCUT2D eigenvalue weighted by Gasteiger charge is -2.31. The smallest absolute Gasteiger partial charge is 0.193 e. The molecule has 0 aliphatic heterocycles. The molecule has 0 aromatic heterocycles. The van der Waals surface area contributed by atoms with Gasteiger partial charge in [-0.15, -0.1) is 0 Å². The lowest BCUT2D eigenvalue weighted by Crippen LogP contribution is -2.19. The van der Waals surface area contributed by atoms with Gasteiger partial charge in [0.1, 0.15) is 0 Å². The number of ether oxygens (including phenoxy) is 2. The molecule has 2 aromatic carbocycles. The van der Waals surface area contributed by atoms with Crippen molar-refractivity contribution in [1.82, 2.24) is 0 Å². The number of carbonyl (C=O) groups excluding carboxylic acids is 1. The zero-order valence-electron chi connectivity index (χ0n) is 30.1. The Morgan fingerprint density at radius 1 is 0.587 bits per heavy atom. The minimum Gasteiger partial charge on any atom is -0.385 e. The third kappa shape index (κ3) is 11.0. The van der Waals surface area contributed by atoms with Crippen LogP contribution in [0.1, 0.15) is 179 Å². The second kappa shape index (κ2) is 20.4. The summed E-state index contributed by atoms with van der Waals surface area (Å²) in [7, 11) is 3.57. The average molecular weight is 631 g/mol. The molecule has 2 aromatic rings. The van der Waals surface area contributed by atoms with Gasteiger partial charge < -0.3 is 9.47 Å². The van der Waals surface area contributed by atoms with Crippen molar-refractivity contribution in [2.75, 3.05) is 27.4 Å². The van der Waals surface area contributed by atoms with Crippen LogP contribution in [0, 0.1) is 11.8 Å². The van der Waals surface area contributed by atoms with Crippen LogP contribution >= 0.6 is 0 Å². The van der Waals surface area contributed by atoms with Crippen molar-refractivity contribution in [3.63, 3.8) is 0 Å². The number of benzene rings is 2. The minimum atomic E-state index is 0.257. The van der Waals surface area contributed by atoms with Gasteiger partial charge >= 0.3 is 0 Å². The van der Waals surface area contributed by atoms with E-state index in [1.807, 2.05) is 0 Å². The molecular formula is C43H66O3. The van der Waals surface area contributed by atoms with Crippen molar-refractivity contribution in [3.05, 3.63) is 69.8 Å². The Balaban J connectivity index is 1.59. The number of unbranched alkanes of at least 4 members (excludes halogenated alkanes) is 4. The Hall–Kier alpha value is -1.97. The largest absolute Gasteiger partial charge is 0.385 e. The van der Waals surface area contributed by atoms with Gasteiger partial charge in [-0.05, 0) is 123 Å². The second-order valence-corrected chi connectivity index (χ2v) is 14.8. The highest BCUT2D eigenvalue weighted by Gasteiger charge is 2.30. The maximum Gasteiger partial charge on any atom is 0.193 e. The third-order valence-corrected chi connectivity index (χ3v) is 11.4. The molecule has 2 fully saturated rings. The van der Waals surface area contributed by atoms with E-state index >= 15 is 0 Å². The highest BCUT2D eigenvalue weighted by atomic mass is 16.5. The van der Waals surface area contributed by atoms with E-state index in [-0.39, 0.29) is 5.78 Å². The standard InChI is InChI=1S/C43H66O3/c1-5-7-9-13-33-17-23-37(24-18-33)41-31-35(15-11-29-45-3)21-27-39(41)43(44)40-28-22-36(16-12-30-46-4)32-42(40)38-25-19-34(20-26-38)14-10-8-6-2/h21-22,27-28,31-34,37-38H,5-20,23-26,29-30H2,1-4H3. The van der Waals surface area contributed by atoms with E-state index < -0.39 is 0 Å². The molecule has 0 bridgehead atoms. The molecule has 0 atom stereocenters. The van der Waals surface area contributed by atoms with Crippen molar-refractivity contribution < 1.29 is 14.3 Å². The number of aryl methyl sites for hydroxylation is 2. The monoisotopic (exact) mass is 631 g/mol. The number of carbonyl (C=O) groups is 1. The van der Waals surface area contributed by atoms with Gasteiger partial charge in [0, 0.05) is 38.6 Å². The van der Waals surface area contributed by atoms with Crippen molar-refractivity contribution in [2.24, 2.45) is 11.8 Å². The zero-order chi connectivity index (χ0) is 32.6. The molecular weight excluding hydrogens is 564 g/mol. The quantitative estimate of drug-likeness (QED) is 0.108. The van der Waals surface area contributed by atoms with E-state index in [1.165, 1.54) is 125 Å². The summed E-state index contributed by atoms with van der Waals surface area (Å²) in [6.07, 6.45) is 24.9. The van der Waals surface area contributed by atoms with Crippen LogP contribution in [0.25, 0.3) is 0 Å². The lowest BCUT2D eigenvalue weighted by atomic mass is 9.73. The van der Waals surface area contributed by atoms with Gasteiger partial charge in [0.25, 0.3) is 0 Å². The second-order valence-electron chi connectivity index (χ2n) is 14.8. The molecule has 256 valence electrons. The first kappa shape index (κ1) is 36.9. The number of hydrogen-bond donors (Lipinski definition) is 0. The molecule has 0 radical (unpaired) electrons. The fourth-order valence-corrected chi connectivity index (χ4v) is 8.50. The third-order valence-electron chi connectivity index (χ3n) is 11.4. The van der Waals surface area contributed by atoms with Crippen LogP contribution in [0.3, 0.4) is 0 Å². The maximum atomic E-state index is 14.8. The summed E-state index contributed by atoms with van der Waals surface area (Å²) in [4.78, 5) is 14.8. The first-order valence-corrected chi connectivity index (χ1v) is 19.4. The van der Waals surface area contributed by atoms with E-state index in [0.717, 1.165) is 61.9 Å². The van der Waals surface area contributed by atoms with Gasteiger partial charge in [-0.3, -0.25) is 4.79 Å². The summed E-state index contributed by atoms with van der Waals surface area (Å²) in [5.41, 5.74) is 7.27. The van der Waals surface area contributed by atoms with Gasteiger partial charge in [0.05, 0.1) is 0 Å². The first-order valence-electron chi connectivity index (χ1n) is 19.4. The SMILES string of the molecule is CCCCCC1CCC(c2cc(CCCOC)ccc2C(=O)c2ccc(CCCOC)cc2C2CCC(CCCCC)CC2)CC1. The predicted molar refractivity (Wildman–Crippen MR) is 194 cm³/mol. The Labute approximate surface area is 282 Å². The number of methoxy groups -OCH3 is 2. The Morgan fingerprint density at radius 2 is 1.00 bits per heavy atom. The van der Waals surface area contributed by atoms with Crippen molar-refractivity contribution >= 4 is 5.78 Å². The van der Waals surface area contributed by atoms with Crippen molar-refractivity contribution in [3.8, 4) is 0 Å². The molecule has 2 aliphatic carbocycles. The Morgan fingerprint density at radius 3 is 1.37 bits per heavy atom. The molecule has 0 N–H and O–H groups in total. The van der Waals surface area contributed by atoms with Crippen LogP contribution in [0.2, 0.25) is 0 Å². The molecule has 0 spiro atoms. The molecule has 2 saturated carbocycles. The fourth-order valence-electron chi connectivity index (χ4n) is 8.50. The van der Waals surface area contributed by atoms with E-state index in [2.05, 4.69) is 50.2 Å². The highest BCUT2D eigenvalue weighted by Crippen LogP contribution is 2.42. The maximum absolute atomic E-state index is 14.8. The molecule has 3 nitrogen and oxygen atoms in total. The molecule has 2 aliphatic rings. The molecule has 4 rings (SSSR count). The molecule has 0 heterocycles. The van der Waals surface area contributed by atoms with Crippen LogP contribution in [0.15, 0.2) is 36.4 Å². The van der Waals surface area contributed by atoms with Crippen LogP contribution in [-0.2, 0) is 22.3 Å².